The average Bonchev–Trinajstić information content (AvgIpc) is 2.68. The Morgan fingerprint density at radius 1 is 0.923 bits per heavy atom. The fourth-order valence-corrected chi connectivity index (χ4v) is 2.80. The summed E-state index contributed by atoms with van der Waals surface area (Å²) in [6.45, 7) is 15.4. The van der Waals surface area contributed by atoms with Crippen LogP contribution >= 0.6 is 0 Å². The van der Waals surface area contributed by atoms with E-state index in [1.807, 2.05) is 0 Å². The Morgan fingerprint density at radius 3 is 2.04 bits per heavy atom. The molecule has 0 aromatic heterocycles. The predicted molar refractivity (Wildman–Crippen MR) is 103 cm³/mol. The van der Waals surface area contributed by atoms with Crippen molar-refractivity contribution in [1.82, 2.24) is 0 Å². The topological polar surface area (TPSA) is 53.6 Å². The molecule has 2 N–H and O–H groups in total. The Bertz CT molecular complexity index is 529. The van der Waals surface area contributed by atoms with Crippen LogP contribution in [0.25, 0.3) is 0 Å². The lowest BCUT2D eigenvalue weighted by Gasteiger charge is -2.17. The molecule has 0 radical (unpaired) electrons. The third-order valence-corrected chi connectivity index (χ3v) is 4.81. The van der Waals surface area contributed by atoms with Crippen LogP contribution in [0.1, 0.15) is 38.1 Å². The number of carbonyl (C=O) groups excluding carboxylic acids is 1. The number of benzene rings is 1. The highest BCUT2D eigenvalue weighted by molar-refractivity contribution is 5.92. The smallest absolute Gasteiger partial charge is 0.342 e. The Balaban J connectivity index is 2.71. The molecule has 1 aromatic rings. The number of methoxy groups -OCH3 is 1. The van der Waals surface area contributed by atoms with Crippen LogP contribution in [0.2, 0.25) is 0 Å². The molecule has 0 aliphatic carbocycles. The number of likely N-dealkylation sites (N-methyl/N-ethyl adjacent to an activating group) is 2. The van der Waals surface area contributed by atoms with Gasteiger partial charge in [-0.15, -0.1) is 0 Å². The first-order valence-electron chi connectivity index (χ1n) is 9.74. The van der Waals surface area contributed by atoms with Crippen LogP contribution in [0.4, 0.5) is 0 Å². The van der Waals surface area contributed by atoms with Gasteiger partial charge in [-0.25, -0.2) is 4.79 Å². The van der Waals surface area contributed by atoms with Crippen molar-refractivity contribution in [2.75, 3.05) is 59.6 Å². The van der Waals surface area contributed by atoms with Crippen molar-refractivity contribution in [3.8, 4) is 11.5 Å². The van der Waals surface area contributed by atoms with E-state index in [-0.39, 0.29) is 5.97 Å². The van der Waals surface area contributed by atoms with E-state index < -0.39 is 0 Å². The zero-order valence-corrected chi connectivity index (χ0v) is 17.0. The van der Waals surface area contributed by atoms with Crippen LogP contribution in [-0.2, 0) is 4.74 Å². The van der Waals surface area contributed by atoms with Gasteiger partial charge >= 0.3 is 5.97 Å². The maximum atomic E-state index is 12.5. The zero-order valence-electron chi connectivity index (χ0n) is 17.0. The fourth-order valence-electron chi connectivity index (χ4n) is 2.80. The summed E-state index contributed by atoms with van der Waals surface area (Å²) in [5.74, 6) is 0.847. The normalized spacial score (nSPS) is 11.0. The van der Waals surface area contributed by atoms with Crippen molar-refractivity contribution in [3.05, 3.63) is 23.8 Å². The van der Waals surface area contributed by atoms with Gasteiger partial charge in [-0.3, -0.25) is 0 Å². The van der Waals surface area contributed by atoms with E-state index in [0.717, 1.165) is 39.3 Å². The Labute approximate surface area is 158 Å². The minimum absolute atomic E-state index is 0.343. The molecular weight excluding hydrogens is 332 g/mol. The van der Waals surface area contributed by atoms with Crippen LogP contribution in [-0.4, -0.2) is 65.6 Å². The third-order valence-electron chi connectivity index (χ3n) is 4.81. The van der Waals surface area contributed by atoms with Crippen molar-refractivity contribution in [1.29, 1.82) is 0 Å². The van der Waals surface area contributed by atoms with Gasteiger partial charge in [-0.2, -0.15) is 0 Å². The van der Waals surface area contributed by atoms with Crippen molar-refractivity contribution >= 4 is 5.97 Å². The molecule has 0 atom stereocenters. The number of ether oxygens (including phenoxy) is 3. The molecule has 0 heterocycles. The summed E-state index contributed by atoms with van der Waals surface area (Å²) in [5.41, 5.74) is 0.454. The van der Waals surface area contributed by atoms with E-state index in [9.17, 15) is 4.79 Å². The second-order valence-corrected chi connectivity index (χ2v) is 6.26. The molecule has 0 fully saturated rings. The zero-order chi connectivity index (χ0) is 19.4. The summed E-state index contributed by atoms with van der Waals surface area (Å²) in [6, 6.07) is 5.23. The van der Waals surface area contributed by atoms with Crippen LogP contribution in [0, 0.1) is 0 Å². The third kappa shape index (κ3) is 7.22. The predicted octanol–water partition coefficient (Wildman–Crippen LogP) is 0.0802. The second-order valence-electron chi connectivity index (χ2n) is 6.26. The van der Waals surface area contributed by atoms with Crippen LogP contribution in [0.3, 0.4) is 0 Å². The quantitative estimate of drug-likeness (QED) is 0.484. The number of rotatable bonds is 13. The number of quaternary nitrogens is 2. The minimum Gasteiger partial charge on any atom is -0.497 e. The number of nitrogens with one attached hydrogen (secondary N) is 2. The lowest BCUT2D eigenvalue weighted by atomic mass is 10.2. The Morgan fingerprint density at radius 2 is 1.50 bits per heavy atom. The lowest BCUT2D eigenvalue weighted by Crippen LogP contribution is -3.12. The van der Waals surface area contributed by atoms with Gasteiger partial charge in [0.15, 0.2) is 0 Å². The SMILES string of the molecule is CC[NH+](CC)CCOC(=O)c1ccc(OC)cc1OCC[NH+](CC)CC. The molecule has 0 unspecified atom stereocenters. The van der Waals surface area contributed by atoms with Crippen LogP contribution in [0.5, 0.6) is 11.5 Å². The first-order chi connectivity index (χ1) is 12.6. The highest BCUT2D eigenvalue weighted by Gasteiger charge is 2.17. The molecule has 26 heavy (non-hydrogen) atoms. The molecule has 6 nitrogen and oxygen atoms in total. The molecule has 148 valence electrons. The van der Waals surface area contributed by atoms with Crippen molar-refractivity contribution in [2.45, 2.75) is 27.7 Å². The van der Waals surface area contributed by atoms with Crippen LogP contribution in [0.15, 0.2) is 18.2 Å². The van der Waals surface area contributed by atoms with Gasteiger partial charge in [0.1, 0.15) is 43.4 Å². The molecule has 1 rings (SSSR count). The molecule has 0 aliphatic heterocycles. The van der Waals surface area contributed by atoms with E-state index in [1.54, 1.807) is 25.3 Å². The lowest BCUT2D eigenvalue weighted by molar-refractivity contribution is -0.896. The van der Waals surface area contributed by atoms with Gasteiger partial charge < -0.3 is 24.0 Å². The highest BCUT2D eigenvalue weighted by atomic mass is 16.5. The molecule has 0 aliphatic rings. The second kappa shape index (κ2) is 12.5. The number of hydrogen-bond donors (Lipinski definition) is 2. The standard InChI is InChI=1S/C20H34N2O4/c1-6-21(7-2)12-14-25-19-16-17(24-5)10-11-18(19)20(23)26-15-13-22(8-3)9-4/h10-11,16H,6-9,12-15H2,1-5H3/p+2. The highest BCUT2D eigenvalue weighted by Crippen LogP contribution is 2.25. The van der Waals surface area contributed by atoms with Gasteiger partial charge in [0.2, 0.25) is 0 Å². The van der Waals surface area contributed by atoms with Crippen molar-refractivity contribution < 1.29 is 28.8 Å². The van der Waals surface area contributed by atoms with Crippen LogP contribution < -0.4 is 19.3 Å². The summed E-state index contributed by atoms with van der Waals surface area (Å²) in [7, 11) is 1.60. The minimum atomic E-state index is -0.343. The van der Waals surface area contributed by atoms with Gasteiger partial charge in [0.25, 0.3) is 0 Å². The fraction of sp³-hybridized carbons (Fsp3) is 0.650. The van der Waals surface area contributed by atoms with E-state index in [4.69, 9.17) is 14.2 Å². The number of carbonyl (C=O) groups is 1. The van der Waals surface area contributed by atoms with Gasteiger partial charge in [-0.1, -0.05) is 0 Å². The summed E-state index contributed by atoms with van der Waals surface area (Å²) in [5, 5.41) is 0. The van der Waals surface area contributed by atoms with Gasteiger partial charge in [0, 0.05) is 6.07 Å². The number of hydrogen-bond acceptors (Lipinski definition) is 4. The van der Waals surface area contributed by atoms with Gasteiger partial charge in [0.05, 0.1) is 33.3 Å². The molecule has 0 saturated carbocycles. The molecule has 6 heteroatoms. The molecule has 0 bridgehead atoms. The van der Waals surface area contributed by atoms with Crippen molar-refractivity contribution in [2.24, 2.45) is 0 Å². The Hall–Kier alpha value is -1.79. The number of esters is 1. The van der Waals surface area contributed by atoms with E-state index >= 15 is 0 Å². The molecule has 0 saturated heterocycles. The average molecular weight is 369 g/mol. The maximum absolute atomic E-state index is 12.5. The summed E-state index contributed by atoms with van der Waals surface area (Å²) >= 11 is 0. The van der Waals surface area contributed by atoms with E-state index in [0.29, 0.717) is 30.3 Å². The monoisotopic (exact) mass is 368 g/mol. The van der Waals surface area contributed by atoms with E-state index in [1.165, 1.54) is 9.80 Å². The van der Waals surface area contributed by atoms with Gasteiger partial charge in [-0.05, 0) is 39.8 Å². The summed E-state index contributed by atoms with van der Waals surface area (Å²) < 4.78 is 16.6. The molecule has 1 aromatic carbocycles. The molecule has 0 spiro atoms. The first-order valence-corrected chi connectivity index (χ1v) is 9.74. The first kappa shape index (κ1) is 22.3. The summed E-state index contributed by atoms with van der Waals surface area (Å²) in [6.07, 6.45) is 0. The van der Waals surface area contributed by atoms with E-state index in [2.05, 4.69) is 27.7 Å². The molecular formula is C20H36N2O4+2. The summed E-state index contributed by atoms with van der Waals surface area (Å²) in [4.78, 5) is 15.3. The largest absolute Gasteiger partial charge is 0.497 e. The van der Waals surface area contributed by atoms with Crippen molar-refractivity contribution in [3.63, 3.8) is 0 Å². The molecule has 0 amide bonds. The Kier molecular flexibility index (Phi) is 10.7. The maximum Gasteiger partial charge on any atom is 0.342 e.